The first kappa shape index (κ1) is 19.1. The Balaban J connectivity index is 2.01. The zero-order valence-corrected chi connectivity index (χ0v) is 14.2. The van der Waals surface area contributed by atoms with Crippen LogP contribution in [0.2, 0.25) is 0 Å². The Kier molecular flexibility index (Phi) is 6.25. The van der Waals surface area contributed by atoms with Crippen molar-refractivity contribution in [1.29, 1.82) is 0 Å². The summed E-state index contributed by atoms with van der Waals surface area (Å²) in [5.41, 5.74) is 2.11. The largest absolute Gasteiger partial charge is 0.467 e. The highest BCUT2D eigenvalue weighted by molar-refractivity contribution is 5.78. The van der Waals surface area contributed by atoms with Crippen LogP contribution >= 0.6 is 0 Å². The summed E-state index contributed by atoms with van der Waals surface area (Å²) in [4.78, 5) is 14.9. The number of hydrogen-bond acceptors (Lipinski definition) is 3. The van der Waals surface area contributed by atoms with Gasteiger partial charge in [0.2, 0.25) is 5.91 Å². The lowest BCUT2D eigenvalue weighted by Crippen LogP contribution is -2.43. The summed E-state index contributed by atoms with van der Waals surface area (Å²) in [6.07, 6.45) is -3.09. The number of rotatable bonds is 7. The number of aryl methyl sites for hydroxylation is 1. The van der Waals surface area contributed by atoms with Gasteiger partial charge in [-0.1, -0.05) is 24.3 Å². The molecule has 0 spiro atoms. The van der Waals surface area contributed by atoms with Crippen molar-refractivity contribution in [2.75, 3.05) is 20.1 Å². The zero-order valence-electron chi connectivity index (χ0n) is 14.2. The van der Waals surface area contributed by atoms with Crippen molar-refractivity contribution in [2.45, 2.75) is 26.2 Å². The third-order valence-corrected chi connectivity index (χ3v) is 3.76. The van der Waals surface area contributed by atoms with Gasteiger partial charge in [-0.05, 0) is 37.2 Å². The third kappa shape index (κ3) is 6.26. The molecule has 1 aromatic heterocycles. The SMILES string of the molecule is Cc1ccccc1CN(C)CC(=O)N(Cc1ccco1)CC(F)(F)F. The average molecular weight is 354 g/mol. The molecule has 7 heteroatoms. The predicted octanol–water partition coefficient (Wildman–Crippen LogP) is 3.61. The van der Waals surface area contributed by atoms with E-state index in [1.54, 1.807) is 24.1 Å². The molecule has 1 aromatic carbocycles. The second-order valence-corrected chi connectivity index (χ2v) is 6.04. The number of alkyl halides is 3. The van der Waals surface area contributed by atoms with E-state index < -0.39 is 18.6 Å². The highest BCUT2D eigenvalue weighted by Crippen LogP contribution is 2.19. The van der Waals surface area contributed by atoms with Crippen LogP contribution in [-0.2, 0) is 17.9 Å². The molecule has 0 aliphatic carbocycles. The topological polar surface area (TPSA) is 36.7 Å². The molecule has 4 nitrogen and oxygen atoms in total. The lowest BCUT2D eigenvalue weighted by Gasteiger charge is -2.26. The Morgan fingerprint density at radius 3 is 2.44 bits per heavy atom. The maximum Gasteiger partial charge on any atom is 0.406 e. The van der Waals surface area contributed by atoms with Crippen LogP contribution in [0.3, 0.4) is 0 Å². The maximum absolute atomic E-state index is 12.8. The summed E-state index contributed by atoms with van der Waals surface area (Å²) in [6.45, 7) is 0.830. The minimum absolute atomic E-state index is 0.106. The van der Waals surface area contributed by atoms with Gasteiger partial charge in [0.05, 0.1) is 19.4 Å². The molecule has 0 saturated heterocycles. The van der Waals surface area contributed by atoms with Gasteiger partial charge in [0.1, 0.15) is 12.3 Å². The molecule has 1 heterocycles. The van der Waals surface area contributed by atoms with Crippen LogP contribution in [-0.4, -0.2) is 42.0 Å². The quantitative estimate of drug-likeness (QED) is 0.762. The van der Waals surface area contributed by atoms with Gasteiger partial charge in [0, 0.05) is 6.54 Å². The lowest BCUT2D eigenvalue weighted by atomic mass is 10.1. The van der Waals surface area contributed by atoms with Gasteiger partial charge in [0.15, 0.2) is 0 Å². The molecule has 25 heavy (non-hydrogen) atoms. The fourth-order valence-electron chi connectivity index (χ4n) is 2.50. The van der Waals surface area contributed by atoms with Gasteiger partial charge in [-0.15, -0.1) is 0 Å². The molecule has 2 aromatic rings. The van der Waals surface area contributed by atoms with Crippen LogP contribution in [0.25, 0.3) is 0 Å². The first-order chi connectivity index (χ1) is 11.7. The fourth-order valence-corrected chi connectivity index (χ4v) is 2.50. The molecule has 0 unspecified atom stereocenters. The van der Waals surface area contributed by atoms with E-state index >= 15 is 0 Å². The Morgan fingerprint density at radius 2 is 1.84 bits per heavy atom. The smallest absolute Gasteiger partial charge is 0.406 e. The zero-order chi connectivity index (χ0) is 18.4. The summed E-state index contributed by atoms with van der Waals surface area (Å²) in [6, 6.07) is 10.8. The van der Waals surface area contributed by atoms with E-state index in [2.05, 4.69) is 0 Å². The number of likely N-dealkylation sites (N-methyl/N-ethyl adjacent to an activating group) is 1. The number of amides is 1. The van der Waals surface area contributed by atoms with Gasteiger partial charge in [-0.25, -0.2) is 0 Å². The van der Waals surface area contributed by atoms with E-state index in [1.165, 1.54) is 6.26 Å². The van der Waals surface area contributed by atoms with E-state index in [0.29, 0.717) is 12.3 Å². The van der Waals surface area contributed by atoms with Crippen molar-refractivity contribution in [2.24, 2.45) is 0 Å². The van der Waals surface area contributed by atoms with Crippen molar-refractivity contribution in [3.05, 3.63) is 59.5 Å². The third-order valence-electron chi connectivity index (χ3n) is 3.76. The minimum Gasteiger partial charge on any atom is -0.467 e. The summed E-state index contributed by atoms with van der Waals surface area (Å²) < 4.78 is 43.5. The van der Waals surface area contributed by atoms with Crippen LogP contribution in [0.1, 0.15) is 16.9 Å². The van der Waals surface area contributed by atoms with Gasteiger partial charge < -0.3 is 9.32 Å². The van der Waals surface area contributed by atoms with Crippen LogP contribution in [0, 0.1) is 6.92 Å². The second-order valence-electron chi connectivity index (χ2n) is 6.04. The second kappa shape index (κ2) is 8.20. The first-order valence-electron chi connectivity index (χ1n) is 7.84. The Labute approximate surface area is 144 Å². The summed E-state index contributed by atoms with van der Waals surface area (Å²) in [7, 11) is 1.71. The number of nitrogens with zero attached hydrogens (tertiary/aromatic N) is 2. The number of furan rings is 1. The number of carbonyl (C=O) groups excluding carboxylic acids is 1. The monoisotopic (exact) mass is 354 g/mol. The molecule has 0 atom stereocenters. The number of halogens is 3. The van der Waals surface area contributed by atoms with E-state index in [0.717, 1.165) is 16.0 Å². The van der Waals surface area contributed by atoms with E-state index in [1.807, 2.05) is 31.2 Å². The molecular weight excluding hydrogens is 333 g/mol. The number of carbonyl (C=O) groups is 1. The molecule has 0 aliphatic heterocycles. The highest BCUT2D eigenvalue weighted by atomic mass is 19.4. The molecule has 0 saturated carbocycles. The van der Waals surface area contributed by atoms with Gasteiger partial charge in [0.25, 0.3) is 0 Å². The van der Waals surface area contributed by atoms with Crippen molar-refractivity contribution >= 4 is 5.91 Å². The van der Waals surface area contributed by atoms with Gasteiger partial charge in [-0.3, -0.25) is 9.69 Å². The van der Waals surface area contributed by atoms with Crippen LogP contribution in [0.5, 0.6) is 0 Å². The Bertz CT molecular complexity index is 684. The van der Waals surface area contributed by atoms with Crippen molar-refractivity contribution in [3.8, 4) is 0 Å². The van der Waals surface area contributed by atoms with Gasteiger partial charge in [-0.2, -0.15) is 13.2 Å². The van der Waals surface area contributed by atoms with E-state index in [9.17, 15) is 18.0 Å². The number of hydrogen-bond donors (Lipinski definition) is 0. The molecule has 1 amide bonds. The minimum atomic E-state index is -4.46. The fraction of sp³-hybridized carbons (Fsp3) is 0.389. The van der Waals surface area contributed by atoms with Crippen LogP contribution < -0.4 is 0 Å². The highest BCUT2D eigenvalue weighted by Gasteiger charge is 2.33. The lowest BCUT2D eigenvalue weighted by molar-refractivity contribution is -0.163. The Hall–Kier alpha value is -2.28. The summed E-state index contributed by atoms with van der Waals surface area (Å²) in [5, 5.41) is 0. The molecule has 0 fully saturated rings. The predicted molar refractivity (Wildman–Crippen MR) is 87.7 cm³/mol. The molecule has 0 N–H and O–H groups in total. The standard InChI is InChI=1S/C18H21F3N2O2/c1-14-6-3-4-7-15(14)10-22(2)12-17(24)23(13-18(19,20)21)11-16-8-5-9-25-16/h3-9H,10-13H2,1-2H3. The molecule has 0 radical (unpaired) electrons. The van der Waals surface area contributed by atoms with Crippen LogP contribution in [0.15, 0.2) is 47.1 Å². The summed E-state index contributed by atoms with van der Waals surface area (Å²) in [5.74, 6) is -0.274. The van der Waals surface area contributed by atoms with Gasteiger partial charge >= 0.3 is 6.18 Å². The molecular formula is C18H21F3N2O2. The summed E-state index contributed by atoms with van der Waals surface area (Å²) >= 11 is 0. The average Bonchev–Trinajstić information content (AvgIpc) is 3.00. The molecule has 0 bridgehead atoms. The van der Waals surface area contributed by atoms with Crippen molar-refractivity contribution in [3.63, 3.8) is 0 Å². The molecule has 136 valence electrons. The van der Waals surface area contributed by atoms with Crippen LogP contribution in [0.4, 0.5) is 13.2 Å². The molecule has 0 aliphatic rings. The van der Waals surface area contributed by atoms with E-state index in [-0.39, 0.29) is 13.1 Å². The Morgan fingerprint density at radius 1 is 1.12 bits per heavy atom. The first-order valence-corrected chi connectivity index (χ1v) is 7.84. The maximum atomic E-state index is 12.8. The van der Waals surface area contributed by atoms with Crippen molar-refractivity contribution < 1.29 is 22.4 Å². The normalized spacial score (nSPS) is 11.8. The van der Waals surface area contributed by atoms with E-state index in [4.69, 9.17) is 4.42 Å². The van der Waals surface area contributed by atoms with Crippen molar-refractivity contribution in [1.82, 2.24) is 9.80 Å². The molecule has 2 rings (SSSR count). The number of benzene rings is 1.